The molecule has 1 N–H and O–H groups in total. The van der Waals surface area contributed by atoms with Crippen molar-refractivity contribution >= 4 is 0 Å². The summed E-state index contributed by atoms with van der Waals surface area (Å²) in [7, 11) is 0. The highest BCUT2D eigenvalue weighted by Crippen LogP contribution is 2.50. The van der Waals surface area contributed by atoms with Crippen molar-refractivity contribution in [3.05, 3.63) is 11.6 Å². The SMILES string of the molecule is CC(C)=CCC1OC1(C)C1CCCCC1O. The van der Waals surface area contributed by atoms with Gasteiger partial charge in [-0.2, -0.15) is 0 Å². The summed E-state index contributed by atoms with van der Waals surface area (Å²) in [6, 6.07) is 0. The molecule has 92 valence electrons. The molecule has 0 radical (unpaired) electrons. The molecular weight excluding hydrogens is 200 g/mol. The third kappa shape index (κ3) is 2.33. The van der Waals surface area contributed by atoms with E-state index in [0.29, 0.717) is 12.0 Å². The maximum atomic E-state index is 10.0. The van der Waals surface area contributed by atoms with Gasteiger partial charge in [-0.3, -0.25) is 0 Å². The van der Waals surface area contributed by atoms with Crippen LogP contribution in [0, 0.1) is 5.92 Å². The average molecular weight is 224 g/mol. The summed E-state index contributed by atoms with van der Waals surface area (Å²) < 4.78 is 5.86. The predicted octanol–water partition coefficient (Wildman–Crippen LogP) is 3.05. The highest BCUT2D eigenvalue weighted by Gasteiger charge is 2.58. The first-order valence-electron chi connectivity index (χ1n) is 6.53. The van der Waals surface area contributed by atoms with Gasteiger partial charge in [-0.25, -0.2) is 0 Å². The molecule has 1 heterocycles. The largest absolute Gasteiger partial charge is 0.393 e. The lowest BCUT2D eigenvalue weighted by molar-refractivity contribution is 0.0269. The first kappa shape index (κ1) is 12.1. The lowest BCUT2D eigenvalue weighted by Gasteiger charge is -2.31. The monoisotopic (exact) mass is 224 g/mol. The van der Waals surface area contributed by atoms with E-state index in [1.165, 1.54) is 18.4 Å². The van der Waals surface area contributed by atoms with Crippen molar-refractivity contribution in [1.29, 1.82) is 0 Å². The molecule has 0 aromatic rings. The van der Waals surface area contributed by atoms with Crippen LogP contribution in [0.2, 0.25) is 0 Å². The van der Waals surface area contributed by atoms with E-state index in [0.717, 1.165) is 19.3 Å². The van der Waals surface area contributed by atoms with E-state index in [9.17, 15) is 5.11 Å². The zero-order chi connectivity index (χ0) is 11.8. The van der Waals surface area contributed by atoms with Gasteiger partial charge in [-0.1, -0.05) is 24.5 Å². The smallest absolute Gasteiger partial charge is 0.0976 e. The van der Waals surface area contributed by atoms with Crippen LogP contribution in [0.5, 0.6) is 0 Å². The zero-order valence-electron chi connectivity index (χ0n) is 10.7. The Kier molecular flexibility index (Phi) is 3.41. The van der Waals surface area contributed by atoms with E-state index in [-0.39, 0.29) is 11.7 Å². The Labute approximate surface area is 98.7 Å². The Balaban J connectivity index is 1.92. The number of rotatable bonds is 3. The Morgan fingerprint density at radius 1 is 1.38 bits per heavy atom. The predicted molar refractivity (Wildman–Crippen MR) is 65.3 cm³/mol. The fourth-order valence-corrected chi connectivity index (χ4v) is 3.00. The molecule has 4 atom stereocenters. The third-order valence-electron chi connectivity index (χ3n) is 4.18. The van der Waals surface area contributed by atoms with Crippen molar-refractivity contribution in [3.63, 3.8) is 0 Å². The molecular formula is C14H24O2. The van der Waals surface area contributed by atoms with Crippen LogP contribution in [0.15, 0.2) is 11.6 Å². The van der Waals surface area contributed by atoms with Crippen LogP contribution < -0.4 is 0 Å². The fourth-order valence-electron chi connectivity index (χ4n) is 3.00. The molecule has 1 aliphatic carbocycles. The van der Waals surface area contributed by atoms with Crippen LogP contribution in [0.4, 0.5) is 0 Å². The van der Waals surface area contributed by atoms with Crippen LogP contribution in [-0.2, 0) is 4.74 Å². The van der Waals surface area contributed by atoms with Gasteiger partial charge in [0.05, 0.1) is 17.8 Å². The van der Waals surface area contributed by atoms with Gasteiger partial charge in [-0.15, -0.1) is 0 Å². The van der Waals surface area contributed by atoms with Crippen LogP contribution in [0.25, 0.3) is 0 Å². The van der Waals surface area contributed by atoms with Gasteiger partial charge in [0.2, 0.25) is 0 Å². The van der Waals surface area contributed by atoms with Crippen LogP contribution in [0.3, 0.4) is 0 Å². The lowest BCUT2D eigenvalue weighted by Crippen LogP contribution is -2.36. The number of epoxide rings is 1. The van der Waals surface area contributed by atoms with Gasteiger partial charge >= 0.3 is 0 Å². The van der Waals surface area contributed by atoms with Crippen molar-refractivity contribution in [2.45, 2.75) is 70.7 Å². The summed E-state index contributed by atoms with van der Waals surface area (Å²) >= 11 is 0. The van der Waals surface area contributed by atoms with Gasteiger partial charge in [-0.05, 0) is 40.0 Å². The van der Waals surface area contributed by atoms with E-state index < -0.39 is 0 Å². The molecule has 0 spiro atoms. The van der Waals surface area contributed by atoms with Crippen LogP contribution >= 0.6 is 0 Å². The van der Waals surface area contributed by atoms with E-state index in [4.69, 9.17) is 4.74 Å². The van der Waals surface area contributed by atoms with Crippen molar-refractivity contribution in [2.75, 3.05) is 0 Å². The topological polar surface area (TPSA) is 32.8 Å². The maximum absolute atomic E-state index is 10.0. The van der Waals surface area contributed by atoms with Crippen LogP contribution in [-0.4, -0.2) is 22.9 Å². The van der Waals surface area contributed by atoms with E-state index in [2.05, 4.69) is 26.8 Å². The summed E-state index contributed by atoms with van der Waals surface area (Å²) in [5.74, 6) is 0.358. The van der Waals surface area contributed by atoms with Crippen molar-refractivity contribution < 1.29 is 9.84 Å². The molecule has 0 aromatic heterocycles. The summed E-state index contributed by atoms with van der Waals surface area (Å²) in [5.41, 5.74) is 1.30. The molecule has 4 unspecified atom stereocenters. The molecule has 2 heteroatoms. The molecule has 2 nitrogen and oxygen atoms in total. The molecule has 1 aliphatic heterocycles. The van der Waals surface area contributed by atoms with E-state index >= 15 is 0 Å². The third-order valence-corrected chi connectivity index (χ3v) is 4.18. The average Bonchev–Trinajstić information content (AvgIpc) is 2.88. The van der Waals surface area contributed by atoms with Gasteiger partial charge in [0.15, 0.2) is 0 Å². The van der Waals surface area contributed by atoms with Crippen LogP contribution in [0.1, 0.15) is 52.9 Å². The van der Waals surface area contributed by atoms with E-state index in [1.807, 2.05) is 0 Å². The Hall–Kier alpha value is -0.340. The summed E-state index contributed by atoms with van der Waals surface area (Å²) in [6.45, 7) is 6.42. The Morgan fingerprint density at radius 2 is 2.06 bits per heavy atom. The second-order valence-corrected chi connectivity index (χ2v) is 5.77. The fraction of sp³-hybridized carbons (Fsp3) is 0.857. The second-order valence-electron chi connectivity index (χ2n) is 5.77. The molecule has 1 saturated carbocycles. The zero-order valence-corrected chi connectivity index (χ0v) is 10.7. The second kappa shape index (κ2) is 4.50. The molecule has 2 fully saturated rings. The number of allylic oxidation sites excluding steroid dienone is 1. The summed E-state index contributed by atoms with van der Waals surface area (Å²) in [6.07, 6.45) is 7.94. The number of hydrogen-bond acceptors (Lipinski definition) is 2. The van der Waals surface area contributed by atoms with Crippen molar-refractivity contribution in [3.8, 4) is 0 Å². The Morgan fingerprint density at radius 3 is 2.69 bits per heavy atom. The van der Waals surface area contributed by atoms with Gasteiger partial charge in [0.25, 0.3) is 0 Å². The Bertz CT molecular complexity index is 280. The van der Waals surface area contributed by atoms with Gasteiger partial charge < -0.3 is 9.84 Å². The highest BCUT2D eigenvalue weighted by molar-refractivity contribution is 5.10. The number of ether oxygens (including phenoxy) is 1. The van der Waals surface area contributed by atoms with Crippen molar-refractivity contribution in [2.24, 2.45) is 5.92 Å². The minimum atomic E-state index is -0.143. The summed E-state index contributed by atoms with van der Waals surface area (Å²) in [4.78, 5) is 0. The van der Waals surface area contributed by atoms with E-state index in [1.54, 1.807) is 0 Å². The first-order chi connectivity index (χ1) is 7.54. The molecule has 2 rings (SSSR count). The van der Waals surface area contributed by atoms with Crippen molar-refractivity contribution in [1.82, 2.24) is 0 Å². The molecule has 2 aliphatic rings. The molecule has 0 amide bonds. The number of hydrogen-bond donors (Lipinski definition) is 1. The molecule has 0 bridgehead atoms. The summed E-state index contributed by atoms with van der Waals surface area (Å²) in [5, 5.41) is 10.0. The number of aliphatic hydroxyl groups excluding tert-OH is 1. The minimum absolute atomic E-state index is 0.0498. The lowest BCUT2D eigenvalue weighted by atomic mass is 9.76. The highest BCUT2D eigenvalue weighted by atomic mass is 16.6. The quantitative estimate of drug-likeness (QED) is 0.590. The van der Waals surface area contributed by atoms with Gasteiger partial charge in [0, 0.05) is 5.92 Å². The molecule has 16 heavy (non-hydrogen) atoms. The number of aliphatic hydroxyl groups is 1. The normalized spacial score (nSPS) is 42.9. The first-order valence-corrected chi connectivity index (χ1v) is 6.53. The maximum Gasteiger partial charge on any atom is 0.0976 e. The standard InChI is InChI=1S/C14H24O2/c1-10(2)8-9-13-14(3,16-13)11-6-4-5-7-12(11)15/h8,11-13,15H,4-7,9H2,1-3H3. The molecule has 1 saturated heterocycles. The molecule has 0 aromatic carbocycles. The van der Waals surface area contributed by atoms with Gasteiger partial charge in [0.1, 0.15) is 0 Å². The minimum Gasteiger partial charge on any atom is -0.393 e.